The van der Waals surface area contributed by atoms with Gasteiger partial charge in [0.05, 0.1) is 5.56 Å². The first-order chi connectivity index (χ1) is 12.8. The van der Waals surface area contributed by atoms with Gasteiger partial charge in [0.15, 0.2) is 0 Å². The van der Waals surface area contributed by atoms with Crippen LogP contribution in [-0.2, 0) is 19.3 Å². The Hall–Kier alpha value is -2.38. The van der Waals surface area contributed by atoms with Gasteiger partial charge in [-0.2, -0.15) is 13.2 Å². The second kappa shape index (κ2) is 8.10. The molecule has 27 heavy (non-hydrogen) atoms. The number of rotatable bonds is 5. The lowest BCUT2D eigenvalue weighted by Gasteiger charge is -2.34. The summed E-state index contributed by atoms with van der Waals surface area (Å²) in [6, 6.07) is 12.7. The molecule has 0 unspecified atom stereocenters. The van der Waals surface area contributed by atoms with E-state index in [0.29, 0.717) is 12.1 Å². The number of hydrogen-bond donors (Lipinski definition) is 1. The predicted octanol–water partition coefficient (Wildman–Crippen LogP) is 3.12. The number of hydrogen-bond acceptors (Lipinski definition) is 3. The molecule has 2 aromatic carbocycles. The molecule has 1 heterocycles. The summed E-state index contributed by atoms with van der Waals surface area (Å²) in [5, 5.41) is 0. The summed E-state index contributed by atoms with van der Waals surface area (Å²) in [6.07, 6.45) is -4.29. The Labute approximate surface area is 156 Å². The van der Waals surface area contributed by atoms with Gasteiger partial charge < -0.3 is 5.73 Å². The van der Waals surface area contributed by atoms with Gasteiger partial charge in [-0.3, -0.25) is 14.6 Å². The van der Waals surface area contributed by atoms with Crippen LogP contribution in [0.25, 0.3) is 0 Å². The molecule has 0 bridgehead atoms. The lowest BCUT2D eigenvalue weighted by Crippen LogP contribution is -2.45. The molecule has 0 spiro atoms. The highest BCUT2D eigenvalue weighted by Gasteiger charge is 2.30. The van der Waals surface area contributed by atoms with Gasteiger partial charge in [-0.25, -0.2) is 0 Å². The van der Waals surface area contributed by atoms with Crippen molar-refractivity contribution >= 4 is 5.91 Å². The van der Waals surface area contributed by atoms with E-state index in [1.54, 1.807) is 24.3 Å². The molecule has 7 heteroatoms. The number of halogens is 3. The molecule has 1 amide bonds. The largest absolute Gasteiger partial charge is 0.416 e. The Morgan fingerprint density at radius 2 is 1.22 bits per heavy atom. The van der Waals surface area contributed by atoms with Crippen LogP contribution in [-0.4, -0.2) is 41.9 Å². The van der Waals surface area contributed by atoms with Gasteiger partial charge in [0.2, 0.25) is 5.91 Å². The van der Waals surface area contributed by atoms with E-state index in [1.165, 1.54) is 0 Å². The van der Waals surface area contributed by atoms with Crippen molar-refractivity contribution in [2.75, 3.05) is 26.2 Å². The zero-order valence-corrected chi connectivity index (χ0v) is 14.9. The quantitative estimate of drug-likeness (QED) is 0.871. The van der Waals surface area contributed by atoms with Gasteiger partial charge in [-0.15, -0.1) is 0 Å². The number of carbonyl (C=O) groups excluding carboxylic acids is 1. The second-order valence-corrected chi connectivity index (χ2v) is 6.81. The van der Waals surface area contributed by atoms with Crippen LogP contribution < -0.4 is 5.73 Å². The Kier molecular flexibility index (Phi) is 5.82. The number of primary amides is 1. The molecule has 144 valence electrons. The van der Waals surface area contributed by atoms with Crippen LogP contribution in [0.15, 0.2) is 48.5 Å². The molecule has 0 aromatic heterocycles. The molecule has 4 nitrogen and oxygen atoms in total. The minimum Gasteiger partial charge on any atom is -0.366 e. The summed E-state index contributed by atoms with van der Waals surface area (Å²) in [4.78, 5) is 15.7. The third kappa shape index (κ3) is 5.30. The number of nitrogens with two attached hydrogens (primary N) is 1. The maximum Gasteiger partial charge on any atom is 0.416 e. The maximum atomic E-state index is 12.6. The molecule has 2 N–H and O–H groups in total. The Bertz CT molecular complexity index is 765. The van der Waals surface area contributed by atoms with Crippen LogP contribution in [0.5, 0.6) is 0 Å². The van der Waals surface area contributed by atoms with Gasteiger partial charge in [0, 0.05) is 44.8 Å². The number of alkyl halides is 3. The molecule has 0 radical (unpaired) electrons. The van der Waals surface area contributed by atoms with Gasteiger partial charge >= 0.3 is 6.18 Å². The SMILES string of the molecule is NC(=O)c1ccc(CN2CCN(Cc3ccc(C(F)(F)F)cc3)CC2)cc1. The van der Waals surface area contributed by atoms with E-state index in [0.717, 1.165) is 56.0 Å². The minimum atomic E-state index is -4.29. The van der Waals surface area contributed by atoms with Gasteiger partial charge in [0.1, 0.15) is 0 Å². The Balaban J connectivity index is 1.48. The summed E-state index contributed by atoms with van der Waals surface area (Å²) in [7, 11) is 0. The van der Waals surface area contributed by atoms with Crippen molar-refractivity contribution in [2.24, 2.45) is 5.73 Å². The molecule has 0 saturated carbocycles. The molecule has 0 atom stereocenters. The third-order valence-electron chi connectivity index (χ3n) is 4.80. The highest BCUT2D eigenvalue weighted by molar-refractivity contribution is 5.92. The van der Waals surface area contributed by atoms with E-state index < -0.39 is 17.6 Å². The van der Waals surface area contributed by atoms with Crippen LogP contribution in [0.1, 0.15) is 27.0 Å². The van der Waals surface area contributed by atoms with Crippen LogP contribution >= 0.6 is 0 Å². The number of amides is 1. The lowest BCUT2D eigenvalue weighted by atomic mass is 10.1. The van der Waals surface area contributed by atoms with Crippen molar-refractivity contribution in [1.29, 1.82) is 0 Å². The average Bonchev–Trinajstić information content (AvgIpc) is 2.63. The molecular weight excluding hydrogens is 355 g/mol. The summed E-state index contributed by atoms with van der Waals surface area (Å²) < 4.78 is 37.9. The van der Waals surface area contributed by atoms with E-state index in [-0.39, 0.29) is 0 Å². The van der Waals surface area contributed by atoms with Gasteiger partial charge in [-0.1, -0.05) is 24.3 Å². The van der Waals surface area contributed by atoms with Crippen molar-refractivity contribution in [2.45, 2.75) is 19.3 Å². The number of benzene rings is 2. The third-order valence-corrected chi connectivity index (χ3v) is 4.80. The highest BCUT2D eigenvalue weighted by atomic mass is 19.4. The topological polar surface area (TPSA) is 49.6 Å². The van der Waals surface area contributed by atoms with E-state index >= 15 is 0 Å². The number of carbonyl (C=O) groups is 1. The van der Waals surface area contributed by atoms with E-state index in [4.69, 9.17) is 5.73 Å². The van der Waals surface area contributed by atoms with Crippen molar-refractivity contribution in [3.05, 3.63) is 70.8 Å². The smallest absolute Gasteiger partial charge is 0.366 e. The minimum absolute atomic E-state index is 0.432. The van der Waals surface area contributed by atoms with E-state index in [9.17, 15) is 18.0 Å². The normalized spacial score (nSPS) is 16.4. The molecular formula is C20H22F3N3O. The second-order valence-electron chi connectivity index (χ2n) is 6.81. The molecule has 1 aliphatic rings. The van der Waals surface area contributed by atoms with E-state index in [1.807, 2.05) is 12.1 Å². The van der Waals surface area contributed by atoms with E-state index in [2.05, 4.69) is 9.80 Å². The first kappa shape index (κ1) is 19.4. The summed E-state index contributed by atoms with van der Waals surface area (Å²) in [5.74, 6) is -0.432. The van der Waals surface area contributed by atoms with Crippen LogP contribution in [0.2, 0.25) is 0 Å². The average molecular weight is 377 g/mol. The Morgan fingerprint density at radius 3 is 1.59 bits per heavy atom. The summed E-state index contributed by atoms with van der Waals surface area (Å²) in [5.41, 5.74) is 7.14. The molecule has 1 saturated heterocycles. The van der Waals surface area contributed by atoms with Gasteiger partial charge in [0.25, 0.3) is 0 Å². The van der Waals surface area contributed by atoms with Crippen LogP contribution in [0.4, 0.5) is 13.2 Å². The summed E-state index contributed by atoms with van der Waals surface area (Å²) in [6.45, 7) is 4.95. The monoisotopic (exact) mass is 377 g/mol. The van der Waals surface area contributed by atoms with Crippen molar-refractivity contribution < 1.29 is 18.0 Å². The molecule has 0 aliphatic carbocycles. The van der Waals surface area contributed by atoms with Crippen LogP contribution in [0, 0.1) is 0 Å². The van der Waals surface area contributed by atoms with Gasteiger partial charge in [-0.05, 0) is 35.4 Å². The zero-order chi connectivity index (χ0) is 19.4. The zero-order valence-electron chi connectivity index (χ0n) is 14.9. The maximum absolute atomic E-state index is 12.6. The predicted molar refractivity (Wildman–Crippen MR) is 97.0 cm³/mol. The molecule has 1 fully saturated rings. The van der Waals surface area contributed by atoms with Crippen molar-refractivity contribution in [3.8, 4) is 0 Å². The van der Waals surface area contributed by atoms with Crippen molar-refractivity contribution in [1.82, 2.24) is 9.80 Å². The Morgan fingerprint density at radius 1 is 0.815 bits per heavy atom. The molecule has 1 aliphatic heterocycles. The first-order valence-corrected chi connectivity index (χ1v) is 8.81. The number of nitrogens with zero attached hydrogens (tertiary/aromatic N) is 2. The standard InChI is InChI=1S/C20H22F3N3O/c21-20(22,23)18-7-3-16(4-8-18)14-26-11-9-25(10-12-26)13-15-1-5-17(6-2-15)19(24)27/h1-8H,9-14H2,(H2,24,27). The van der Waals surface area contributed by atoms with Crippen LogP contribution in [0.3, 0.4) is 0 Å². The lowest BCUT2D eigenvalue weighted by molar-refractivity contribution is -0.137. The summed E-state index contributed by atoms with van der Waals surface area (Å²) >= 11 is 0. The fourth-order valence-corrected chi connectivity index (χ4v) is 3.20. The van der Waals surface area contributed by atoms with Crippen molar-refractivity contribution in [3.63, 3.8) is 0 Å². The highest BCUT2D eigenvalue weighted by Crippen LogP contribution is 2.29. The molecule has 3 rings (SSSR count). The first-order valence-electron chi connectivity index (χ1n) is 8.81. The molecule has 2 aromatic rings. The fraction of sp³-hybridized carbons (Fsp3) is 0.350. The number of piperazine rings is 1. The fourth-order valence-electron chi connectivity index (χ4n) is 3.20.